The highest BCUT2D eigenvalue weighted by atomic mass is 16.3. The molecule has 88 valence electrons. The fraction of sp³-hybridized carbons (Fsp3) is 0.417. The lowest BCUT2D eigenvalue weighted by Gasteiger charge is -2.35. The number of amides is 1. The topological polar surface area (TPSA) is 63.3 Å². The smallest absolute Gasteiger partial charge is 0.278 e. The van der Waals surface area contributed by atoms with Crippen LogP contribution >= 0.6 is 0 Å². The molecule has 0 aliphatic carbocycles. The Bertz CT molecular complexity index is 349. The third-order valence-electron chi connectivity index (χ3n) is 2.78. The van der Waals surface area contributed by atoms with Gasteiger partial charge in [-0.25, -0.2) is 0 Å². The van der Waals surface area contributed by atoms with E-state index in [1.807, 2.05) is 44.4 Å². The van der Waals surface area contributed by atoms with Gasteiger partial charge in [-0.3, -0.25) is 4.79 Å². The summed E-state index contributed by atoms with van der Waals surface area (Å²) < 4.78 is 0.357. The first kappa shape index (κ1) is 12.7. The van der Waals surface area contributed by atoms with E-state index in [-0.39, 0.29) is 6.61 Å². The van der Waals surface area contributed by atoms with E-state index in [4.69, 9.17) is 5.73 Å². The Kier molecular flexibility index (Phi) is 4.04. The van der Waals surface area contributed by atoms with Crippen LogP contribution in [0.25, 0.3) is 0 Å². The zero-order valence-corrected chi connectivity index (χ0v) is 9.76. The summed E-state index contributed by atoms with van der Waals surface area (Å²) in [6.07, 6.45) is 0. The number of hydrogen-bond acceptors (Lipinski definition) is 2. The number of aliphatic hydroxyl groups excluding tert-OH is 1. The third-order valence-corrected chi connectivity index (χ3v) is 2.78. The molecule has 1 aromatic rings. The first-order valence-electron chi connectivity index (χ1n) is 5.24. The van der Waals surface area contributed by atoms with Crippen molar-refractivity contribution in [1.82, 2.24) is 0 Å². The Morgan fingerprint density at radius 3 is 2.38 bits per heavy atom. The predicted octanol–water partition coefficient (Wildman–Crippen LogP) is 0.109. The molecule has 1 atom stereocenters. The van der Waals surface area contributed by atoms with Crippen LogP contribution in [0.4, 0.5) is 0 Å². The van der Waals surface area contributed by atoms with E-state index in [9.17, 15) is 9.90 Å². The first-order chi connectivity index (χ1) is 7.47. The number of hydrogen-bond donors (Lipinski definition) is 2. The maximum atomic E-state index is 11.2. The Morgan fingerprint density at radius 2 is 1.94 bits per heavy atom. The zero-order chi connectivity index (χ0) is 12.2. The second-order valence-electron chi connectivity index (χ2n) is 4.52. The standard InChI is InChI=1S/C12H18N2O2/c1-14(2,11(9-15)12(13)16)8-10-6-4-3-5-7-10/h3-7,11,15H,8-9H2,1-2H3,(H-,13,16)/p+1. The largest absolute Gasteiger partial charge is 0.390 e. The lowest BCUT2D eigenvalue weighted by Crippen LogP contribution is -2.56. The van der Waals surface area contributed by atoms with Crippen molar-refractivity contribution < 1.29 is 14.4 Å². The number of nitrogens with two attached hydrogens (primary N) is 1. The van der Waals surface area contributed by atoms with E-state index in [1.54, 1.807) is 0 Å². The van der Waals surface area contributed by atoms with Crippen LogP contribution in [0.15, 0.2) is 30.3 Å². The van der Waals surface area contributed by atoms with Gasteiger partial charge in [-0.15, -0.1) is 0 Å². The maximum Gasteiger partial charge on any atom is 0.278 e. The quantitative estimate of drug-likeness (QED) is 0.696. The van der Waals surface area contributed by atoms with Crippen molar-refractivity contribution in [2.24, 2.45) is 5.73 Å². The lowest BCUT2D eigenvalue weighted by atomic mass is 10.1. The minimum atomic E-state index is -0.569. The van der Waals surface area contributed by atoms with Gasteiger partial charge in [-0.1, -0.05) is 30.3 Å². The second kappa shape index (κ2) is 5.09. The molecule has 0 aliphatic heterocycles. The fourth-order valence-corrected chi connectivity index (χ4v) is 1.82. The van der Waals surface area contributed by atoms with Crippen LogP contribution in [0.1, 0.15) is 5.56 Å². The summed E-state index contributed by atoms with van der Waals surface area (Å²) in [5, 5.41) is 9.19. The molecular weight excluding hydrogens is 204 g/mol. The van der Waals surface area contributed by atoms with Crippen LogP contribution < -0.4 is 5.73 Å². The number of primary amides is 1. The molecular formula is C12H19N2O2+. The van der Waals surface area contributed by atoms with E-state index in [0.717, 1.165) is 5.56 Å². The molecule has 0 aromatic heterocycles. The zero-order valence-electron chi connectivity index (χ0n) is 9.76. The van der Waals surface area contributed by atoms with Gasteiger partial charge in [0.25, 0.3) is 5.91 Å². The van der Waals surface area contributed by atoms with Crippen molar-refractivity contribution in [3.8, 4) is 0 Å². The van der Waals surface area contributed by atoms with Crippen molar-refractivity contribution in [2.45, 2.75) is 12.6 Å². The summed E-state index contributed by atoms with van der Waals surface area (Å²) in [5.74, 6) is -0.469. The summed E-state index contributed by atoms with van der Waals surface area (Å²) in [4.78, 5) is 11.2. The van der Waals surface area contributed by atoms with Gasteiger partial charge in [0.1, 0.15) is 13.2 Å². The molecule has 0 fully saturated rings. The molecule has 0 saturated heterocycles. The normalized spacial score (nSPS) is 13.4. The molecule has 1 unspecified atom stereocenters. The van der Waals surface area contributed by atoms with Crippen LogP contribution in [-0.4, -0.2) is 42.2 Å². The van der Waals surface area contributed by atoms with Crippen LogP contribution in [0.2, 0.25) is 0 Å². The number of rotatable bonds is 5. The van der Waals surface area contributed by atoms with Gasteiger partial charge >= 0.3 is 0 Å². The van der Waals surface area contributed by atoms with E-state index in [1.165, 1.54) is 0 Å². The number of benzene rings is 1. The molecule has 0 bridgehead atoms. The van der Waals surface area contributed by atoms with E-state index < -0.39 is 11.9 Å². The van der Waals surface area contributed by atoms with Crippen molar-refractivity contribution in [2.75, 3.05) is 20.7 Å². The van der Waals surface area contributed by atoms with Crippen molar-refractivity contribution in [3.05, 3.63) is 35.9 Å². The Labute approximate surface area is 95.9 Å². The van der Waals surface area contributed by atoms with Crippen LogP contribution in [0, 0.1) is 0 Å². The average molecular weight is 223 g/mol. The van der Waals surface area contributed by atoms with Gasteiger partial charge in [0, 0.05) is 5.56 Å². The Hall–Kier alpha value is -1.39. The molecule has 1 aromatic carbocycles. The second-order valence-corrected chi connectivity index (χ2v) is 4.52. The summed E-state index contributed by atoms with van der Waals surface area (Å²) in [7, 11) is 3.78. The minimum Gasteiger partial charge on any atom is -0.390 e. The van der Waals surface area contributed by atoms with E-state index in [2.05, 4.69) is 0 Å². The van der Waals surface area contributed by atoms with Gasteiger partial charge in [-0.05, 0) is 0 Å². The number of likely N-dealkylation sites (N-methyl/N-ethyl adjacent to an activating group) is 1. The van der Waals surface area contributed by atoms with Crippen LogP contribution in [-0.2, 0) is 11.3 Å². The van der Waals surface area contributed by atoms with Gasteiger partial charge in [0.2, 0.25) is 0 Å². The summed E-state index contributed by atoms with van der Waals surface area (Å²) in [6.45, 7) is 0.435. The van der Waals surface area contributed by atoms with Crippen LogP contribution in [0.3, 0.4) is 0 Å². The number of aliphatic hydroxyl groups is 1. The van der Waals surface area contributed by atoms with Gasteiger partial charge < -0.3 is 15.3 Å². The average Bonchev–Trinajstić information content (AvgIpc) is 2.18. The molecule has 0 radical (unpaired) electrons. The lowest BCUT2D eigenvalue weighted by molar-refractivity contribution is -0.919. The third kappa shape index (κ3) is 3.05. The fourth-order valence-electron chi connectivity index (χ4n) is 1.82. The molecule has 1 amide bonds. The van der Waals surface area contributed by atoms with Crippen LogP contribution in [0.5, 0.6) is 0 Å². The highest BCUT2D eigenvalue weighted by Gasteiger charge is 2.32. The number of carbonyl (C=O) groups excluding carboxylic acids is 1. The predicted molar refractivity (Wildman–Crippen MR) is 62.3 cm³/mol. The molecule has 0 spiro atoms. The minimum absolute atomic E-state index is 0.227. The SMILES string of the molecule is C[N+](C)(Cc1ccccc1)C(CO)C(N)=O. The Balaban J connectivity index is 2.81. The molecule has 0 heterocycles. The molecule has 0 aliphatic rings. The molecule has 4 nitrogen and oxygen atoms in total. The van der Waals surface area contributed by atoms with Gasteiger partial charge in [0.05, 0.1) is 14.1 Å². The number of nitrogens with zero attached hydrogens (tertiary/aromatic N) is 1. The molecule has 1 rings (SSSR count). The molecule has 4 heteroatoms. The van der Waals surface area contributed by atoms with E-state index >= 15 is 0 Å². The monoisotopic (exact) mass is 223 g/mol. The maximum absolute atomic E-state index is 11.2. The number of quaternary nitrogens is 1. The van der Waals surface area contributed by atoms with Gasteiger partial charge in [-0.2, -0.15) is 0 Å². The Morgan fingerprint density at radius 1 is 1.38 bits per heavy atom. The first-order valence-corrected chi connectivity index (χ1v) is 5.24. The highest BCUT2D eigenvalue weighted by Crippen LogP contribution is 2.13. The van der Waals surface area contributed by atoms with Crippen molar-refractivity contribution in [3.63, 3.8) is 0 Å². The summed E-state index contributed by atoms with van der Waals surface area (Å²) in [6, 6.07) is 9.27. The molecule has 16 heavy (non-hydrogen) atoms. The van der Waals surface area contributed by atoms with E-state index in [0.29, 0.717) is 11.0 Å². The summed E-state index contributed by atoms with van der Waals surface area (Å²) in [5.41, 5.74) is 6.39. The highest BCUT2D eigenvalue weighted by molar-refractivity contribution is 5.78. The van der Waals surface area contributed by atoms with Crippen molar-refractivity contribution >= 4 is 5.91 Å². The van der Waals surface area contributed by atoms with Gasteiger partial charge in [0.15, 0.2) is 6.04 Å². The number of carbonyl (C=O) groups is 1. The molecule has 3 N–H and O–H groups in total. The molecule has 0 saturated carbocycles. The summed E-state index contributed by atoms with van der Waals surface area (Å²) >= 11 is 0. The van der Waals surface area contributed by atoms with Crippen molar-refractivity contribution in [1.29, 1.82) is 0 Å².